The van der Waals surface area contributed by atoms with E-state index in [4.69, 9.17) is 0 Å². The molecule has 3 unspecified atom stereocenters. The van der Waals surface area contributed by atoms with Crippen molar-refractivity contribution in [2.75, 3.05) is 4.90 Å². The number of aliphatic hydroxyl groups is 2. The summed E-state index contributed by atoms with van der Waals surface area (Å²) in [4.78, 5) is 2.52. The Balaban J connectivity index is 1.21. The van der Waals surface area contributed by atoms with Gasteiger partial charge in [0, 0.05) is 11.3 Å². The molecular weight excluding hydrogens is 442 g/mol. The fraction of sp³-hybridized carbons (Fsp3) is 0.273. The average molecular weight is 474 g/mol. The lowest BCUT2D eigenvalue weighted by Gasteiger charge is -2.37. The summed E-state index contributed by atoms with van der Waals surface area (Å²) in [5.74, 6) is 1.34. The quantitative estimate of drug-likeness (QED) is 0.478. The van der Waals surface area contributed by atoms with E-state index < -0.39 is 0 Å². The summed E-state index contributed by atoms with van der Waals surface area (Å²) in [5.41, 5.74) is 8.88. The summed E-state index contributed by atoms with van der Waals surface area (Å²) in [6, 6.07) is 17.6. The number of hydrogen-bond acceptors (Lipinski definition) is 3. The van der Waals surface area contributed by atoms with E-state index in [0.717, 1.165) is 37.7 Å². The van der Waals surface area contributed by atoms with E-state index in [1.807, 2.05) is 18.2 Å². The third-order valence-corrected chi connectivity index (χ3v) is 8.62. The Labute approximate surface area is 212 Å². The van der Waals surface area contributed by atoms with E-state index in [2.05, 4.69) is 77.7 Å². The molecule has 1 heterocycles. The van der Waals surface area contributed by atoms with Gasteiger partial charge in [0.2, 0.25) is 0 Å². The molecule has 4 aliphatic carbocycles. The summed E-state index contributed by atoms with van der Waals surface area (Å²) >= 11 is 0. The van der Waals surface area contributed by atoms with Gasteiger partial charge in [0.15, 0.2) is 0 Å². The summed E-state index contributed by atoms with van der Waals surface area (Å²) in [5, 5.41) is 21.4. The van der Waals surface area contributed by atoms with Crippen LogP contribution in [0.15, 0.2) is 114 Å². The monoisotopic (exact) mass is 473 g/mol. The number of aliphatic hydroxyl groups excluding tert-OH is 2. The Kier molecular flexibility index (Phi) is 5.06. The summed E-state index contributed by atoms with van der Waals surface area (Å²) in [6.07, 6.45) is 20.1. The van der Waals surface area contributed by atoms with Crippen LogP contribution in [0.3, 0.4) is 0 Å². The second-order valence-electron chi connectivity index (χ2n) is 10.7. The topological polar surface area (TPSA) is 43.7 Å². The molecule has 0 spiro atoms. The van der Waals surface area contributed by atoms with Gasteiger partial charge in [-0.1, -0.05) is 78.4 Å². The molecule has 2 aromatic carbocycles. The van der Waals surface area contributed by atoms with Gasteiger partial charge in [-0.2, -0.15) is 0 Å². The molecule has 4 atom stereocenters. The Hall–Kier alpha value is -3.72. The number of fused-ring (bicyclic) bond motifs is 5. The van der Waals surface area contributed by atoms with Crippen molar-refractivity contribution in [1.29, 1.82) is 0 Å². The van der Waals surface area contributed by atoms with E-state index in [-0.39, 0.29) is 18.0 Å². The highest BCUT2D eigenvalue weighted by molar-refractivity contribution is 5.84. The molecular formula is C33H31NO2. The number of benzene rings is 2. The first-order chi connectivity index (χ1) is 17.7. The Morgan fingerprint density at radius 1 is 0.972 bits per heavy atom. The Morgan fingerprint density at radius 3 is 2.72 bits per heavy atom. The van der Waals surface area contributed by atoms with Crippen molar-refractivity contribution in [3.63, 3.8) is 0 Å². The van der Waals surface area contributed by atoms with Crippen LogP contribution in [-0.4, -0.2) is 22.3 Å². The fourth-order valence-electron chi connectivity index (χ4n) is 7.14. The van der Waals surface area contributed by atoms with Crippen LogP contribution < -0.4 is 4.90 Å². The van der Waals surface area contributed by atoms with Crippen LogP contribution in [0.1, 0.15) is 60.6 Å². The van der Waals surface area contributed by atoms with E-state index in [1.165, 1.54) is 33.5 Å². The summed E-state index contributed by atoms with van der Waals surface area (Å²) < 4.78 is 0. The second-order valence-corrected chi connectivity index (χ2v) is 10.7. The lowest BCUT2D eigenvalue weighted by molar-refractivity contribution is 0.355. The zero-order chi connectivity index (χ0) is 24.2. The molecule has 5 aliphatic rings. The van der Waals surface area contributed by atoms with Gasteiger partial charge < -0.3 is 15.1 Å². The van der Waals surface area contributed by atoms with Crippen LogP contribution in [0.5, 0.6) is 0 Å². The van der Waals surface area contributed by atoms with Crippen LogP contribution in [-0.2, 0) is 0 Å². The van der Waals surface area contributed by atoms with Gasteiger partial charge in [0.25, 0.3) is 0 Å². The third-order valence-electron chi connectivity index (χ3n) is 8.62. The lowest BCUT2D eigenvalue weighted by Crippen LogP contribution is -2.41. The standard InChI is InChI=1S/C33H31NO2/c35-30-16-6-9-22-20-23(25-11-1-2-12-26(25)32(22)30)18-21-8-5-10-24(19-21)34-28-14-4-3-13-27(28)33-29(34)15-7-17-31(33)36/h1-5,7-8,11-17,19,23-24,29,33,35-36H,6,9-10,18,20H2/t23?,24?,29?,33-/m0/s1. The zero-order valence-corrected chi connectivity index (χ0v) is 20.3. The highest BCUT2D eigenvalue weighted by atomic mass is 16.3. The number of nitrogens with zero attached hydrogens (tertiary/aromatic N) is 1. The largest absolute Gasteiger partial charge is 0.512 e. The summed E-state index contributed by atoms with van der Waals surface area (Å²) in [7, 11) is 0. The van der Waals surface area contributed by atoms with Crippen molar-refractivity contribution in [3.05, 3.63) is 130 Å². The van der Waals surface area contributed by atoms with Gasteiger partial charge in [-0.15, -0.1) is 0 Å². The highest BCUT2D eigenvalue weighted by Crippen LogP contribution is 2.49. The van der Waals surface area contributed by atoms with Crippen LogP contribution >= 0.6 is 0 Å². The molecule has 180 valence electrons. The highest BCUT2D eigenvalue weighted by Gasteiger charge is 2.42. The van der Waals surface area contributed by atoms with E-state index in [1.54, 1.807) is 0 Å². The minimum atomic E-state index is 0.0107. The molecule has 0 saturated carbocycles. The molecule has 3 nitrogen and oxygen atoms in total. The van der Waals surface area contributed by atoms with E-state index in [9.17, 15) is 10.2 Å². The van der Waals surface area contributed by atoms with Crippen LogP contribution in [0, 0.1) is 0 Å². The maximum Gasteiger partial charge on any atom is 0.119 e. The van der Waals surface area contributed by atoms with Gasteiger partial charge in [0.1, 0.15) is 11.5 Å². The first kappa shape index (κ1) is 21.6. The number of hydrogen-bond donors (Lipinski definition) is 2. The van der Waals surface area contributed by atoms with Gasteiger partial charge in [0.05, 0.1) is 18.0 Å². The predicted octanol–water partition coefficient (Wildman–Crippen LogP) is 7.79. The molecule has 0 bridgehead atoms. The number of allylic oxidation sites excluding steroid dienone is 7. The van der Waals surface area contributed by atoms with Crippen molar-refractivity contribution in [1.82, 2.24) is 0 Å². The second kappa shape index (κ2) is 8.44. The molecule has 36 heavy (non-hydrogen) atoms. The molecule has 0 fully saturated rings. The Morgan fingerprint density at radius 2 is 1.81 bits per heavy atom. The zero-order valence-electron chi connectivity index (χ0n) is 20.3. The van der Waals surface area contributed by atoms with Crippen LogP contribution in [0.25, 0.3) is 5.57 Å². The van der Waals surface area contributed by atoms with Gasteiger partial charge in [-0.3, -0.25) is 0 Å². The molecule has 2 aromatic rings. The third kappa shape index (κ3) is 3.33. The average Bonchev–Trinajstić information content (AvgIpc) is 3.24. The first-order valence-electron chi connectivity index (χ1n) is 13.2. The van der Waals surface area contributed by atoms with Crippen molar-refractivity contribution in [2.24, 2.45) is 0 Å². The minimum absolute atomic E-state index is 0.0107. The minimum Gasteiger partial charge on any atom is -0.512 e. The maximum absolute atomic E-state index is 10.7. The lowest BCUT2D eigenvalue weighted by atomic mass is 9.73. The van der Waals surface area contributed by atoms with Gasteiger partial charge in [-0.25, -0.2) is 0 Å². The van der Waals surface area contributed by atoms with Crippen LogP contribution in [0.2, 0.25) is 0 Å². The Bertz CT molecular complexity index is 1420. The SMILES string of the molecule is OC1=CCCC2=C1c1ccccc1C(CC1=CC(N3c4ccccc4[C@@H]4C(O)=CC=CC43)CC=C1)C2. The smallest absolute Gasteiger partial charge is 0.119 e. The van der Waals surface area contributed by atoms with Crippen LogP contribution in [0.4, 0.5) is 5.69 Å². The van der Waals surface area contributed by atoms with Crippen molar-refractivity contribution < 1.29 is 10.2 Å². The molecule has 0 amide bonds. The molecule has 2 N–H and O–H groups in total. The van der Waals surface area contributed by atoms with Gasteiger partial charge in [-0.05, 0) is 78.5 Å². The maximum atomic E-state index is 10.7. The number of anilines is 1. The first-order valence-corrected chi connectivity index (χ1v) is 13.2. The normalized spacial score (nSPS) is 28.0. The predicted molar refractivity (Wildman–Crippen MR) is 146 cm³/mol. The van der Waals surface area contributed by atoms with Crippen molar-refractivity contribution in [2.45, 2.75) is 56.0 Å². The van der Waals surface area contributed by atoms with Crippen molar-refractivity contribution >= 4 is 11.3 Å². The molecule has 0 radical (unpaired) electrons. The molecule has 0 saturated heterocycles. The number of para-hydroxylation sites is 1. The molecule has 3 heteroatoms. The number of rotatable bonds is 3. The van der Waals surface area contributed by atoms with E-state index in [0.29, 0.717) is 17.4 Å². The van der Waals surface area contributed by atoms with E-state index >= 15 is 0 Å². The summed E-state index contributed by atoms with van der Waals surface area (Å²) in [6.45, 7) is 0. The van der Waals surface area contributed by atoms with Gasteiger partial charge >= 0.3 is 0 Å². The fourth-order valence-corrected chi connectivity index (χ4v) is 7.14. The molecule has 1 aliphatic heterocycles. The van der Waals surface area contributed by atoms with Crippen molar-refractivity contribution in [3.8, 4) is 0 Å². The molecule has 0 aromatic heterocycles. The molecule has 7 rings (SSSR count).